The summed E-state index contributed by atoms with van der Waals surface area (Å²) in [6.07, 6.45) is 3.86. The zero-order valence-corrected chi connectivity index (χ0v) is 13.2. The third-order valence-corrected chi connectivity index (χ3v) is 4.71. The van der Waals surface area contributed by atoms with Gasteiger partial charge in [0.05, 0.1) is 6.61 Å². The molecule has 1 aliphatic carbocycles. The van der Waals surface area contributed by atoms with Crippen LogP contribution in [0.1, 0.15) is 52.0 Å². The summed E-state index contributed by atoms with van der Waals surface area (Å²) in [5, 5.41) is 11.7. The Morgan fingerprint density at radius 2 is 1.95 bits per heavy atom. The highest BCUT2D eigenvalue weighted by Gasteiger charge is 2.44. The third kappa shape index (κ3) is 3.90. The number of rotatable bonds is 7. The molecule has 0 radical (unpaired) electrons. The smallest absolute Gasteiger partial charge is 0.139 e. The molecule has 21 heavy (non-hydrogen) atoms. The Morgan fingerprint density at radius 3 is 2.43 bits per heavy atom. The lowest BCUT2D eigenvalue weighted by atomic mass is 9.82. The quantitative estimate of drug-likeness (QED) is 0.348. The van der Waals surface area contributed by atoms with E-state index < -0.39 is 0 Å². The van der Waals surface area contributed by atoms with Crippen molar-refractivity contribution < 1.29 is 9.94 Å². The number of nitrogens with two attached hydrogens (primary N) is 1. The van der Waals surface area contributed by atoms with Gasteiger partial charge >= 0.3 is 0 Å². The molecule has 0 saturated heterocycles. The molecular formula is C17H26N2O2. The molecule has 0 unspecified atom stereocenters. The van der Waals surface area contributed by atoms with Gasteiger partial charge < -0.3 is 15.7 Å². The Hall–Kier alpha value is -1.71. The fraction of sp³-hybridized carbons (Fsp3) is 0.588. The molecule has 1 aromatic carbocycles. The van der Waals surface area contributed by atoms with Gasteiger partial charge in [0.25, 0.3) is 0 Å². The van der Waals surface area contributed by atoms with Gasteiger partial charge in [-0.05, 0) is 42.4 Å². The number of oxime groups is 1. The van der Waals surface area contributed by atoms with Crippen molar-refractivity contribution in [1.29, 1.82) is 0 Å². The first-order valence-corrected chi connectivity index (χ1v) is 7.60. The van der Waals surface area contributed by atoms with E-state index in [4.69, 9.17) is 15.7 Å². The lowest BCUT2D eigenvalue weighted by Crippen LogP contribution is -2.22. The fourth-order valence-corrected chi connectivity index (χ4v) is 2.41. The van der Waals surface area contributed by atoms with E-state index in [1.807, 2.05) is 12.1 Å². The SMILES string of the molecule is CCC(C)(C)c1ccc(OCC2(CC(N)=NO)CC2)cc1. The Morgan fingerprint density at radius 1 is 1.33 bits per heavy atom. The van der Waals surface area contributed by atoms with E-state index in [1.54, 1.807) is 0 Å². The van der Waals surface area contributed by atoms with E-state index in [-0.39, 0.29) is 16.7 Å². The van der Waals surface area contributed by atoms with Crippen LogP contribution < -0.4 is 10.5 Å². The monoisotopic (exact) mass is 290 g/mol. The summed E-state index contributed by atoms with van der Waals surface area (Å²) in [5.74, 6) is 1.17. The second kappa shape index (κ2) is 5.96. The maximum atomic E-state index is 8.66. The van der Waals surface area contributed by atoms with E-state index >= 15 is 0 Å². The van der Waals surface area contributed by atoms with Crippen LogP contribution in [-0.4, -0.2) is 17.6 Å². The summed E-state index contributed by atoms with van der Waals surface area (Å²) in [6, 6.07) is 8.35. The molecule has 4 heteroatoms. The number of benzene rings is 1. The van der Waals surface area contributed by atoms with E-state index in [9.17, 15) is 0 Å². The maximum Gasteiger partial charge on any atom is 0.139 e. The highest BCUT2D eigenvalue weighted by atomic mass is 16.5. The summed E-state index contributed by atoms with van der Waals surface area (Å²) < 4.78 is 5.89. The molecule has 0 aliphatic heterocycles. The fourth-order valence-electron chi connectivity index (χ4n) is 2.41. The molecule has 4 nitrogen and oxygen atoms in total. The standard InChI is InChI=1S/C17H26N2O2/c1-4-16(2,3)13-5-7-14(8-6-13)21-12-17(9-10-17)11-15(18)19-20/h5-8,20H,4,9-12H2,1-3H3,(H2,18,19). The van der Waals surface area contributed by atoms with Gasteiger partial charge in [-0.15, -0.1) is 0 Å². The Labute approximate surface area is 127 Å². The molecule has 2 rings (SSSR count). The van der Waals surface area contributed by atoms with Crippen LogP contribution in [0.5, 0.6) is 5.75 Å². The topological polar surface area (TPSA) is 67.8 Å². The van der Waals surface area contributed by atoms with E-state index in [0.717, 1.165) is 25.0 Å². The first-order chi connectivity index (χ1) is 9.91. The van der Waals surface area contributed by atoms with E-state index in [0.29, 0.717) is 13.0 Å². The van der Waals surface area contributed by atoms with Crippen molar-refractivity contribution in [3.8, 4) is 5.75 Å². The molecule has 116 valence electrons. The van der Waals surface area contributed by atoms with Crippen molar-refractivity contribution in [3.05, 3.63) is 29.8 Å². The van der Waals surface area contributed by atoms with Gasteiger partial charge in [-0.1, -0.05) is 38.1 Å². The van der Waals surface area contributed by atoms with Gasteiger partial charge in [0.1, 0.15) is 11.6 Å². The number of hydrogen-bond donors (Lipinski definition) is 2. The molecule has 0 atom stereocenters. The van der Waals surface area contributed by atoms with Crippen LogP contribution in [0.3, 0.4) is 0 Å². The highest BCUT2D eigenvalue weighted by molar-refractivity contribution is 5.80. The Bertz CT molecular complexity index is 502. The van der Waals surface area contributed by atoms with Crippen LogP contribution in [-0.2, 0) is 5.41 Å². The minimum Gasteiger partial charge on any atom is -0.493 e. The molecule has 0 aromatic heterocycles. The Balaban J connectivity index is 1.93. The molecular weight excluding hydrogens is 264 g/mol. The lowest BCUT2D eigenvalue weighted by Gasteiger charge is -2.23. The van der Waals surface area contributed by atoms with E-state index in [2.05, 4.69) is 38.1 Å². The van der Waals surface area contributed by atoms with Gasteiger partial charge in [-0.25, -0.2) is 0 Å². The molecule has 1 saturated carbocycles. The van der Waals surface area contributed by atoms with Gasteiger partial charge in [-0.2, -0.15) is 0 Å². The second-order valence-corrected chi connectivity index (χ2v) is 6.82. The van der Waals surface area contributed by atoms with Crippen molar-refractivity contribution in [1.82, 2.24) is 0 Å². The first kappa shape index (κ1) is 15.7. The van der Waals surface area contributed by atoms with Gasteiger partial charge in [-0.3, -0.25) is 0 Å². The number of amidine groups is 1. The number of nitrogens with zero attached hydrogens (tertiary/aromatic N) is 1. The minimum absolute atomic E-state index is 0.0671. The van der Waals surface area contributed by atoms with Crippen LogP contribution in [0.15, 0.2) is 29.4 Å². The summed E-state index contributed by atoms with van der Waals surface area (Å²) in [6.45, 7) is 7.33. The summed E-state index contributed by atoms with van der Waals surface area (Å²) in [5.41, 5.74) is 7.19. The van der Waals surface area contributed by atoms with Crippen molar-refractivity contribution >= 4 is 5.84 Å². The van der Waals surface area contributed by atoms with Crippen molar-refractivity contribution in [3.63, 3.8) is 0 Å². The largest absolute Gasteiger partial charge is 0.493 e. The predicted octanol–water partition coefficient (Wildman–Crippen LogP) is 3.67. The van der Waals surface area contributed by atoms with Crippen molar-refractivity contribution in [2.75, 3.05) is 6.61 Å². The second-order valence-electron chi connectivity index (χ2n) is 6.82. The zero-order chi connectivity index (χ0) is 15.5. The molecule has 1 aliphatic rings. The molecule has 0 amide bonds. The molecule has 0 bridgehead atoms. The van der Waals surface area contributed by atoms with Gasteiger partial charge in [0.15, 0.2) is 0 Å². The van der Waals surface area contributed by atoms with Crippen LogP contribution in [0.25, 0.3) is 0 Å². The van der Waals surface area contributed by atoms with Gasteiger partial charge in [0, 0.05) is 11.8 Å². The summed E-state index contributed by atoms with van der Waals surface area (Å²) in [7, 11) is 0. The van der Waals surface area contributed by atoms with Crippen molar-refractivity contribution in [2.45, 2.75) is 51.9 Å². The highest BCUT2D eigenvalue weighted by Crippen LogP contribution is 2.49. The average molecular weight is 290 g/mol. The average Bonchev–Trinajstić information content (AvgIpc) is 3.25. The van der Waals surface area contributed by atoms with Crippen molar-refractivity contribution in [2.24, 2.45) is 16.3 Å². The lowest BCUT2D eigenvalue weighted by molar-refractivity contribution is 0.236. The summed E-state index contributed by atoms with van der Waals surface area (Å²) >= 11 is 0. The normalized spacial score (nSPS) is 17.6. The van der Waals surface area contributed by atoms with Crippen LogP contribution in [0.4, 0.5) is 0 Å². The van der Waals surface area contributed by atoms with E-state index in [1.165, 1.54) is 5.56 Å². The van der Waals surface area contributed by atoms with Crippen LogP contribution in [0.2, 0.25) is 0 Å². The summed E-state index contributed by atoms with van der Waals surface area (Å²) in [4.78, 5) is 0. The molecule has 0 spiro atoms. The zero-order valence-electron chi connectivity index (χ0n) is 13.2. The Kier molecular flexibility index (Phi) is 4.45. The number of hydrogen-bond acceptors (Lipinski definition) is 3. The predicted molar refractivity (Wildman–Crippen MR) is 84.9 cm³/mol. The molecule has 1 fully saturated rings. The number of ether oxygens (including phenoxy) is 1. The molecule has 0 heterocycles. The molecule has 1 aromatic rings. The third-order valence-electron chi connectivity index (χ3n) is 4.71. The molecule has 3 N–H and O–H groups in total. The maximum absolute atomic E-state index is 8.66. The van der Waals surface area contributed by atoms with Gasteiger partial charge in [0.2, 0.25) is 0 Å². The van der Waals surface area contributed by atoms with Crippen LogP contribution in [0, 0.1) is 5.41 Å². The minimum atomic E-state index is 0.0671. The first-order valence-electron chi connectivity index (χ1n) is 7.60. The van der Waals surface area contributed by atoms with Crippen LogP contribution >= 0.6 is 0 Å².